The Balaban J connectivity index is 1.98. The van der Waals surface area contributed by atoms with Gasteiger partial charge in [-0.05, 0) is 44.6 Å². The van der Waals surface area contributed by atoms with E-state index < -0.39 is 5.97 Å². The number of aromatic nitrogens is 1. The fraction of sp³-hybridized carbons (Fsp3) is 0.500. The molecule has 0 aliphatic heterocycles. The van der Waals surface area contributed by atoms with Gasteiger partial charge in [0.25, 0.3) is 5.91 Å². The zero-order valence-electron chi connectivity index (χ0n) is 15.3. The van der Waals surface area contributed by atoms with E-state index in [-0.39, 0.29) is 17.4 Å². The first-order valence-corrected chi connectivity index (χ1v) is 10.3. The molecule has 1 aliphatic rings. The van der Waals surface area contributed by atoms with E-state index >= 15 is 0 Å². The third-order valence-corrected chi connectivity index (χ3v) is 7.02. The molecule has 0 fully saturated rings. The van der Waals surface area contributed by atoms with E-state index in [0.29, 0.717) is 27.1 Å². The van der Waals surface area contributed by atoms with Crippen LogP contribution in [0, 0.1) is 12.8 Å². The summed E-state index contributed by atoms with van der Waals surface area (Å²) in [6.07, 6.45) is 2.73. The molecule has 1 unspecified atom stereocenters. The van der Waals surface area contributed by atoms with E-state index in [1.807, 2.05) is 0 Å². The van der Waals surface area contributed by atoms with Gasteiger partial charge in [-0.15, -0.1) is 11.3 Å². The number of amides is 1. The number of ether oxygens (including phenoxy) is 1. The lowest BCUT2D eigenvalue weighted by Crippen LogP contribution is -2.17. The Morgan fingerprint density at radius 2 is 2.08 bits per heavy atom. The molecule has 0 aromatic carbocycles. The molecule has 0 radical (unpaired) electrons. The average molecular weight is 395 g/mol. The van der Waals surface area contributed by atoms with Gasteiger partial charge >= 0.3 is 10.8 Å². The quantitative estimate of drug-likeness (QED) is 0.807. The summed E-state index contributed by atoms with van der Waals surface area (Å²) in [4.78, 5) is 38.3. The van der Waals surface area contributed by atoms with Gasteiger partial charge in [-0.1, -0.05) is 18.3 Å². The number of nitrogens with zero attached hydrogens (tertiary/aromatic N) is 1. The zero-order valence-corrected chi connectivity index (χ0v) is 16.9. The van der Waals surface area contributed by atoms with Crippen LogP contribution in [0.15, 0.2) is 4.79 Å². The summed E-state index contributed by atoms with van der Waals surface area (Å²) in [5.41, 5.74) is 2.10. The Hall–Kier alpha value is -1.93. The number of esters is 1. The van der Waals surface area contributed by atoms with Crippen molar-refractivity contribution in [3.63, 3.8) is 0 Å². The van der Waals surface area contributed by atoms with Gasteiger partial charge < -0.3 is 14.6 Å². The van der Waals surface area contributed by atoms with Gasteiger partial charge in [-0.25, -0.2) is 4.79 Å². The normalized spacial score (nSPS) is 16.2. The highest BCUT2D eigenvalue weighted by Gasteiger charge is 2.29. The maximum atomic E-state index is 12.7. The van der Waals surface area contributed by atoms with Gasteiger partial charge in [-0.3, -0.25) is 9.59 Å². The molecule has 8 heteroatoms. The number of fused-ring (bicyclic) bond motifs is 1. The predicted molar refractivity (Wildman–Crippen MR) is 104 cm³/mol. The van der Waals surface area contributed by atoms with Crippen LogP contribution in [-0.2, 0) is 24.6 Å². The third kappa shape index (κ3) is 3.35. The summed E-state index contributed by atoms with van der Waals surface area (Å²) in [5.74, 6) is -0.198. The Kier molecular flexibility index (Phi) is 5.34. The highest BCUT2D eigenvalue weighted by atomic mass is 32.1. The number of carbonyl (C=O) groups excluding carboxylic acids is 2. The van der Waals surface area contributed by atoms with Crippen molar-refractivity contribution in [1.82, 2.24) is 4.57 Å². The molecule has 1 N–H and O–H groups in total. The minimum Gasteiger partial charge on any atom is -0.462 e. The molecule has 6 nitrogen and oxygen atoms in total. The molecule has 2 heterocycles. The first-order valence-electron chi connectivity index (χ1n) is 8.62. The van der Waals surface area contributed by atoms with E-state index in [4.69, 9.17) is 4.74 Å². The van der Waals surface area contributed by atoms with E-state index in [1.54, 1.807) is 20.9 Å². The summed E-state index contributed by atoms with van der Waals surface area (Å²) in [5, 5.41) is 3.38. The fourth-order valence-electron chi connectivity index (χ4n) is 3.15. The van der Waals surface area contributed by atoms with Gasteiger partial charge in [0, 0.05) is 17.6 Å². The van der Waals surface area contributed by atoms with Crippen LogP contribution in [0.25, 0.3) is 0 Å². The molecule has 0 saturated carbocycles. The molecule has 1 atom stereocenters. The topological polar surface area (TPSA) is 77.4 Å². The Bertz CT molecular complexity index is 923. The number of carbonyl (C=O) groups is 2. The number of thiophene rings is 1. The molecule has 2 aromatic rings. The van der Waals surface area contributed by atoms with E-state index in [0.717, 1.165) is 41.0 Å². The van der Waals surface area contributed by atoms with Crippen LogP contribution in [0.5, 0.6) is 0 Å². The second-order valence-corrected chi connectivity index (χ2v) is 8.64. The highest BCUT2D eigenvalue weighted by Crippen LogP contribution is 2.40. The summed E-state index contributed by atoms with van der Waals surface area (Å²) < 4.78 is 6.67. The molecule has 140 valence electrons. The Labute approximate surface area is 159 Å². The smallest absolute Gasteiger partial charge is 0.341 e. The fourth-order valence-corrected chi connectivity index (χ4v) is 5.42. The van der Waals surface area contributed by atoms with Crippen LogP contribution in [0.2, 0.25) is 0 Å². The zero-order chi connectivity index (χ0) is 19.0. The van der Waals surface area contributed by atoms with Crippen molar-refractivity contribution >= 4 is 39.6 Å². The minimum atomic E-state index is -0.396. The Morgan fingerprint density at radius 3 is 2.69 bits per heavy atom. The second-order valence-electron chi connectivity index (χ2n) is 6.57. The molecule has 26 heavy (non-hydrogen) atoms. The maximum absolute atomic E-state index is 12.7. The van der Waals surface area contributed by atoms with Gasteiger partial charge in [0.05, 0.1) is 12.2 Å². The number of thiazole rings is 1. The van der Waals surface area contributed by atoms with Crippen LogP contribution >= 0.6 is 22.7 Å². The standard InChI is InChI=1S/C18H22N2O4S2/c1-5-24-17(22)13-11-7-6-9(2)8-12(11)25-16(13)19-15(21)14-10(3)20(4)18(23)26-14/h9H,5-8H2,1-4H3,(H,19,21). The Morgan fingerprint density at radius 1 is 1.35 bits per heavy atom. The first kappa shape index (κ1) is 18.8. The predicted octanol–water partition coefficient (Wildman–Crippen LogP) is 3.37. The van der Waals surface area contributed by atoms with Crippen molar-refractivity contribution in [3.8, 4) is 0 Å². The van der Waals surface area contributed by atoms with Gasteiger partial charge in [-0.2, -0.15) is 0 Å². The van der Waals surface area contributed by atoms with Crippen molar-refractivity contribution in [2.75, 3.05) is 11.9 Å². The van der Waals surface area contributed by atoms with Crippen LogP contribution in [0.1, 0.15) is 56.4 Å². The highest BCUT2D eigenvalue weighted by molar-refractivity contribution is 7.17. The molecule has 0 spiro atoms. The molecule has 0 saturated heterocycles. The van der Waals surface area contributed by atoms with Crippen molar-refractivity contribution in [1.29, 1.82) is 0 Å². The first-order chi connectivity index (χ1) is 12.3. The van der Waals surface area contributed by atoms with E-state index in [1.165, 1.54) is 15.9 Å². The van der Waals surface area contributed by atoms with Gasteiger partial charge in [0.2, 0.25) is 0 Å². The molecule has 3 rings (SSSR count). The summed E-state index contributed by atoms with van der Waals surface area (Å²) in [7, 11) is 1.64. The summed E-state index contributed by atoms with van der Waals surface area (Å²) in [6.45, 7) is 5.98. The molecular formula is C18H22N2O4S2. The summed E-state index contributed by atoms with van der Waals surface area (Å²) >= 11 is 2.36. The number of rotatable bonds is 4. The second kappa shape index (κ2) is 7.36. The number of nitrogens with one attached hydrogen (secondary N) is 1. The van der Waals surface area contributed by atoms with Crippen LogP contribution in [0.4, 0.5) is 5.00 Å². The lowest BCUT2D eigenvalue weighted by Gasteiger charge is -2.18. The van der Waals surface area contributed by atoms with Crippen molar-refractivity contribution in [3.05, 3.63) is 36.2 Å². The third-order valence-electron chi connectivity index (χ3n) is 4.72. The van der Waals surface area contributed by atoms with E-state index in [2.05, 4.69) is 12.2 Å². The van der Waals surface area contributed by atoms with Crippen molar-refractivity contribution in [2.45, 2.75) is 40.0 Å². The molecule has 1 aliphatic carbocycles. The average Bonchev–Trinajstić information content (AvgIpc) is 3.06. The van der Waals surface area contributed by atoms with Gasteiger partial charge in [0.1, 0.15) is 9.88 Å². The number of hydrogen-bond donors (Lipinski definition) is 1. The van der Waals surface area contributed by atoms with Crippen LogP contribution < -0.4 is 10.2 Å². The van der Waals surface area contributed by atoms with Crippen LogP contribution in [-0.4, -0.2) is 23.1 Å². The molecule has 0 bridgehead atoms. The lowest BCUT2D eigenvalue weighted by molar-refractivity contribution is 0.0526. The monoisotopic (exact) mass is 394 g/mol. The largest absolute Gasteiger partial charge is 0.462 e. The minimum absolute atomic E-state index is 0.183. The SMILES string of the molecule is CCOC(=O)c1c(NC(=O)c2sc(=O)n(C)c2C)sc2c1CCC(C)C2. The maximum Gasteiger partial charge on any atom is 0.341 e. The van der Waals surface area contributed by atoms with Crippen molar-refractivity contribution < 1.29 is 14.3 Å². The molecular weight excluding hydrogens is 372 g/mol. The number of hydrogen-bond acceptors (Lipinski definition) is 6. The summed E-state index contributed by atoms with van der Waals surface area (Å²) in [6, 6.07) is 0. The van der Waals surface area contributed by atoms with Crippen LogP contribution in [0.3, 0.4) is 0 Å². The number of anilines is 1. The molecule has 1 amide bonds. The molecule has 2 aromatic heterocycles. The van der Waals surface area contributed by atoms with Gasteiger partial charge in [0.15, 0.2) is 0 Å². The van der Waals surface area contributed by atoms with Crippen molar-refractivity contribution in [2.24, 2.45) is 13.0 Å². The van der Waals surface area contributed by atoms with E-state index in [9.17, 15) is 14.4 Å². The lowest BCUT2D eigenvalue weighted by atomic mass is 9.88.